The van der Waals surface area contributed by atoms with E-state index in [4.69, 9.17) is 0 Å². The Hall–Kier alpha value is -3.17. The number of hydrogen-bond acceptors (Lipinski definition) is 4. The van der Waals surface area contributed by atoms with E-state index in [1.165, 1.54) is 34.9 Å². The number of fused-ring (bicyclic) bond motifs is 1. The maximum absolute atomic E-state index is 13.9. The Balaban J connectivity index is 2.00. The average molecular weight is 445 g/mol. The predicted molar refractivity (Wildman–Crippen MR) is 114 cm³/mol. The molecule has 4 rings (SSSR count). The quantitative estimate of drug-likeness (QED) is 0.667. The molecule has 0 aliphatic carbocycles. The normalized spacial score (nSPS) is 15.5. The number of nitrogens with one attached hydrogen (secondary N) is 1. The van der Waals surface area contributed by atoms with E-state index in [9.17, 15) is 22.8 Å². The smallest absolute Gasteiger partial charge is 0.269 e. The minimum Gasteiger partial charge on any atom is -0.321 e. The fourth-order valence-corrected chi connectivity index (χ4v) is 4.50. The molecular formula is C22H18F3N3O2S. The minimum absolute atomic E-state index is 0.209. The molecule has 0 bridgehead atoms. The van der Waals surface area contributed by atoms with Crippen molar-refractivity contribution in [2.75, 3.05) is 26.0 Å². The van der Waals surface area contributed by atoms with Crippen molar-refractivity contribution in [2.24, 2.45) is 0 Å². The van der Waals surface area contributed by atoms with Crippen molar-refractivity contribution >= 4 is 34.6 Å². The number of carbonyl (C=O) groups is 1. The van der Waals surface area contributed by atoms with Gasteiger partial charge in [0.05, 0.1) is 10.1 Å². The van der Waals surface area contributed by atoms with Gasteiger partial charge in [-0.05, 0) is 56.1 Å². The van der Waals surface area contributed by atoms with Crippen molar-refractivity contribution in [2.45, 2.75) is 6.54 Å². The van der Waals surface area contributed by atoms with Gasteiger partial charge in [0.15, 0.2) is 11.6 Å². The summed E-state index contributed by atoms with van der Waals surface area (Å²) in [6.07, 6.45) is 1.45. The molecule has 0 unspecified atom stereocenters. The Morgan fingerprint density at radius 1 is 1.06 bits per heavy atom. The molecule has 5 nitrogen and oxygen atoms in total. The molecule has 1 N–H and O–H groups in total. The number of anilines is 1. The Morgan fingerprint density at radius 3 is 2.55 bits per heavy atom. The van der Waals surface area contributed by atoms with E-state index in [-0.39, 0.29) is 15.7 Å². The Kier molecular flexibility index (Phi) is 5.55. The number of nitrogens with zero attached hydrogens (tertiary/aromatic N) is 2. The molecule has 2 aromatic carbocycles. The highest BCUT2D eigenvalue weighted by Gasteiger charge is 2.27. The van der Waals surface area contributed by atoms with Gasteiger partial charge in [-0.25, -0.2) is 13.2 Å². The van der Waals surface area contributed by atoms with Crippen LogP contribution in [0.3, 0.4) is 0 Å². The summed E-state index contributed by atoms with van der Waals surface area (Å²) in [6, 6.07) is 7.32. The molecule has 2 heterocycles. The largest absolute Gasteiger partial charge is 0.321 e. The van der Waals surface area contributed by atoms with Crippen LogP contribution in [0.15, 0.2) is 41.2 Å². The fourth-order valence-electron chi connectivity index (χ4n) is 3.31. The molecule has 0 fully saturated rings. The predicted octanol–water partition coefficient (Wildman–Crippen LogP) is 1.87. The molecule has 3 aromatic rings. The van der Waals surface area contributed by atoms with Crippen LogP contribution in [-0.2, 0) is 11.3 Å². The third-order valence-corrected chi connectivity index (χ3v) is 5.99. The van der Waals surface area contributed by atoms with Gasteiger partial charge >= 0.3 is 0 Å². The van der Waals surface area contributed by atoms with Gasteiger partial charge in [0.2, 0.25) is 0 Å². The minimum atomic E-state index is -1.02. The molecule has 1 aliphatic rings. The number of likely N-dealkylation sites (N-methyl/N-ethyl adjacent to an activating group) is 1. The first-order chi connectivity index (χ1) is 14.7. The van der Waals surface area contributed by atoms with Crippen LogP contribution in [0.2, 0.25) is 0 Å². The number of thiazole rings is 1. The average Bonchev–Trinajstić information content (AvgIpc) is 3.18. The zero-order valence-electron chi connectivity index (χ0n) is 16.7. The fraction of sp³-hybridized carbons (Fsp3) is 0.182. The third kappa shape index (κ3) is 4.06. The maximum Gasteiger partial charge on any atom is 0.269 e. The molecule has 0 saturated heterocycles. The topological polar surface area (TPSA) is 54.3 Å². The second kappa shape index (κ2) is 8.16. The van der Waals surface area contributed by atoms with Crippen LogP contribution in [0.1, 0.15) is 11.1 Å². The lowest BCUT2D eigenvalue weighted by Crippen LogP contribution is -2.36. The highest BCUT2D eigenvalue weighted by Crippen LogP contribution is 2.30. The Morgan fingerprint density at radius 2 is 1.84 bits per heavy atom. The molecule has 1 aromatic heterocycles. The standard InChI is InChI=1S/C22H18F3N3O2S/c1-27(2)7-8-28-21(30)18(10-12-3-5-15(24)16(25)9-12)31-22(28)19-14-11-13(23)4-6-17(14)26-20(19)29/h3-6,9-11H,7-8H2,1-2H3,(H,26,29)/b18-10-,22-19+. The highest BCUT2D eigenvalue weighted by molar-refractivity contribution is 7.07. The summed E-state index contributed by atoms with van der Waals surface area (Å²) < 4.78 is 42.8. The van der Waals surface area contributed by atoms with E-state index in [1.807, 2.05) is 19.0 Å². The van der Waals surface area contributed by atoms with E-state index >= 15 is 0 Å². The number of halogens is 3. The van der Waals surface area contributed by atoms with E-state index in [0.717, 1.165) is 23.5 Å². The summed E-state index contributed by atoms with van der Waals surface area (Å²) in [4.78, 5) is 27.7. The van der Waals surface area contributed by atoms with Crippen LogP contribution in [0.5, 0.6) is 0 Å². The number of carbonyl (C=O) groups excluding carboxylic acids is 1. The van der Waals surface area contributed by atoms with Crippen molar-refractivity contribution in [3.8, 4) is 0 Å². The van der Waals surface area contributed by atoms with Crippen LogP contribution >= 0.6 is 11.3 Å². The number of benzene rings is 2. The van der Waals surface area contributed by atoms with Crippen molar-refractivity contribution in [3.05, 3.63) is 84.5 Å². The van der Waals surface area contributed by atoms with Gasteiger partial charge in [-0.2, -0.15) is 0 Å². The lowest BCUT2D eigenvalue weighted by molar-refractivity contribution is -0.110. The first-order valence-corrected chi connectivity index (χ1v) is 10.2. The van der Waals surface area contributed by atoms with Gasteiger partial charge in [-0.3, -0.25) is 14.2 Å². The first kappa shape index (κ1) is 21.1. The summed E-state index contributed by atoms with van der Waals surface area (Å²) in [5, 5.41) is 2.69. The van der Waals surface area contributed by atoms with Crippen LogP contribution in [0.25, 0.3) is 11.6 Å². The van der Waals surface area contributed by atoms with E-state index < -0.39 is 23.4 Å². The van der Waals surface area contributed by atoms with Gasteiger partial charge in [-0.15, -0.1) is 11.3 Å². The molecule has 0 radical (unpaired) electrons. The van der Waals surface area contributed by atoms with Gasteiger partial charge in [0, 0.05) is 24.3 Å². The summed E-state index contributed by atoms with van der Waals surface area (Å²) >= 11 is 1.05. The maximum atomic E-state index is 13.9. The lowest BCUT2D eigenvalue weighted by atomic mass is 10.1. The molecule has 1 aliphatic heterocycles. The van der Waals surface area contributed by atoms with Gasteiger partial charge in [0.25, 0.3) is 11.5 Å². The van der Waals surface area contributed by atoms with E-state index in [1.54, 1.807) is 0 Å². The molecule has 31 heavy (non-hydrogen) atoms. The van der Waals surface area contributed by atoms with Crippen molar-refractivity contribution in [3.63, 3.8) is 0 Å². The summed E-state index contributed by atoms with van der Waals surface area (Å²) in [5.74, 6) is -2.93. The summed E-state index contributed by atoms with van der Waals surface area (Å²) in [7, 11) is 3.71. The Labute approximate surface area is 179 Å². The monoisotopic (exact) mass is 445 g/mol. The van der Waals surface area contributed by atoms with E-state index in [2.05, 4.69) is 5.32 Å². The molecular weight excluding hydrogens is 427 g/mol. The van der Waals surface area contributed by atoms with E-state index in [0.29, 0.717) is 34.6 Å². The number of aromatic nitrogens is 1. The number of hydrogen-bond donors (Lipinski definition) is 1. The van der Waals surface area contributed by atoms with Crippen LogP contribution < -0.4 is 20.1 Å². The zero-order chi connectivity index (χ0) is 22.3. The van der Waals surface area contributed by atoms with Crippen molar-refractivity contribution < 1.29 is 18.0 Å². The first-order valence-electron chi connectivity index (χ1n) is 9.41. The van der Waals surface area contributed by atoms with Crippen molar-refractivity contribution in [1.82, 2.24) is 9.47 Å². The lowest BCUT2D eigenvalue weighted by Gasteiger charge is -2.10. The molecule has 1 amide bonds. The molecule has 0 saturated carbocycles. The van der Waals surface area contributed by atoms with Crippen LogP contribution in [0, 0.1) is 17.5 Å². The molecule has 0 atom stereocenters. The van der Waals surface area contributed by atoms with Crippen LogP contribution in [-0.4, -0.2) is 36.0 Å². The molecule has 9 heteroatoms. The second-order valence-electron chi connectivity index (χ2n) is 7.37. The Bertz CT molecular complexity index is 1380. The summed E-state index contributed by atoms with van der Waals surface area (Å²) in [6.45, 7) is 0.823. The summed E-state index contributed by atoms with van der Waals surface area (Å²) in [5.41, 5.74) is 1.00. The van der Waals surface area contributed by atoms with Crippen LogP contribution in [0.4, 0.5) is 18.9 Å². The molecule has 160 valence electrons. The SMILES string of the molecule is CN(C)CCn1c(=O)/c(=C/c2ccc(F)c(F)c2)s/c1=C1/C(=O)Nc2ccc(F)cc21. The third-order valence-electron chi connectivity index (χ3n) is 4.86. The van der Waals surface area contributed by atoms with Gasteiger partial charge in [-0.1, -0.05) is 6.07 Å². The van der Waals surface area contributed by atoms with Gasteiger partial charge < -0.3 is 10.2 Å². The molecule has 0 spiro atoms. The highest BCUT2D eigenvalue weighted by atomic mass is 32.1. The van der Waals surface area contributed by atoms with Crippen molar-refractivity contribution in [1.29, 1.82) is 0 Å². The second-order valence-corrected chi connectivity index (χ2v) is 8.40. The zero-order valence-corrected chi connectivity index (χ0v) is 17.5. The number of rotatable bonds is 4. The number of amides is 1. The van der Waals surface area contributed by atoms with Gasteiger partial charge in [0.1, 0.15) is 10.5 Å².